The average Bonchev–Trinajstić information content (AvgIpc) is 2.69. The second-order valence-corrected chi connectivity index (χ2v) is 2.93. The fourth-order valence-electron chi connectivity index (χ4n) is 1.25. The van der Waals surface area contributed by atoms with Gasteiger partial charge in [0.2, 0.25) is 0 Å². The summed E-state index contributed by atoms with van der Waals surface area (Å²) in [5.41, 5.74) is 1.95. The van der Waals surface area contributed by atoms with Crippen molar-refractivity contribution >= 4 is 0 Å². The van der Waals surface area contributed by atoms with E-state index in [-0.39, 0.29) is 0 Å². The molecular weight excluding hydrogens is 180 g/mol. The van der Waals surface area contributed by atoms with Gasteiger partial charge < -0.3 is 4.74 Å². The second-order valence-electron chi connectivity index (χ2n) is 2.93. The summed E-state index contributed by atoms with van der Waals surface area (Å²) in [7, 11) is 3.36. The number of aryl methyl sites for hydroxylation is 1. The van der Waals surface area contributed by atoms with Crippen LogP contribution < -0.4 is 4.74 Å². The molecule has 1 radical (unpaired) electrons. The van der Waals surface area contributed by atoms with Gasteiger partial charge in [0.05, 0.1) is 0 Å². The lowest BCUT2D eigenvalue weighted by molar-refractivity contribution is 0.473. The van der Waals surface area contributed by atoms with Crippen LogP contribution in [0.5, 0.6) is 5.75 Å². The molecule has 0 atom stereocenters. The highest BCUT2D eigenvalue weighted by atomic mass is 16.5. The monoisotopic (exact) mass is 189 g/mol. The largest absolute Gasteiger partial charge is 0.490 e. The Hall–Kier alpha value is -1.91. The molecule has 5 nitrogen and oxygen atoms in total. The molecule has 0 aliphatic rings. The number of nitrogens with zero attached hydrogens (tertiary/aromatic N) is 3. The maximum Gasteiger partial charge on any atom is 0.179 e. The third kappa shape index (κ3) is 1.56. The smallest absolute Gasteiger partial charge is 0.179 e. The highest BCUT2D eigenvalue weighted by Gasteiger charge is 2.04. The molecule has 2 aromatic rings. The highest BCUT2D eigenvalue weighted by Crippen LogP contribution is 2.22. The fourth-order valence-corrected chi connectivity index (χ4v) is 1.25. The van der Waals surface area contributed by atoms with Crippen molar-refractivity contribution in [1.82, 2.24) is 20.6 Å². The summed E-state index contributed by atoms with van der Waals surface area (Å²) in [6.07, 6.45) is 0. The molecule has 1 N–H and O–H groups in total. The van der Waals surface area contributed by atoms with Gasteiger partial charge in [-0.25, -0.2) is 5.10 Å². The van der Waals surface area contributed by atoms with Gasteiger partial charge in [-0.2, -0.15) is 0 Å². The Morgan fingerprint density at radius 1 is 1.36 bits per heavy atom. The number of rotatable bonds is 2. The quantitative estimate of drug-likeness (QED) is 0.774. The molecule has 0 bridgehead atoms. The van der Waals surface area contributed by atoms with Crippen LogP contribution >= 0.6 is 0 Å². The second kappa shape index (κ2) is 3.45. The first kappa shape index (κ1) is 8.68. The number of benzene rings is 1. The lowest BCUT2D eigenvalue weighted by Gasteiger charge is -2.03. The summed E-state index contributed by atoms with van der Waals surface area (Å²) >= 11 is 0. The van der Waals surface area contributed by atoms with Crippen LogP contribution in [-0.4, -0.2) is 20.6 Å². The van der Waals surface area contributed by atoms with Gasteiger partial charge >= 0.3 is 0 Å². The van der Waals surface area contributed by atoms with Crippen LogP contribution in [0.4, 0.5) is 0 Å². The minimum atomic E-state index is 0.618. The third-order valence-corrected chi connectivity index (χ3v) is 1.84. The van der Waals surface area contributed by atoms with Gasteiger partial charge in [0, 0.05) is 5.56 Å². The Bertz CT molecular complexity index is 424. The third-order valence-electron chi connectivity index (χ3n) is 1.84. The minimum absolute atomic E-state index is 0.618. The molecule has 14 heavy (non-hydrogen) atoms. The number of H-pyrrole nitrogens is 1. The van der Waals surface area contributed by atoms with Crippen molar-refractivity contribution < 1.29 is 4.74 Å². The van der Waals surface area contributed by atoms with Gasteiger partial charge in [-0.3, -0.25) is 0 Å². The molecule has 0 amide bonds. The maximum atomic E-state index is 4.90. The van der Waals surface area contributed by atoms with Gasteiger partial charge in [-0.05, 0) is 41.1 Å². The molecule has 0 aliphatic heterocycles. The molecule has 1 aromatic heterocycles. The van der Waals surface area contributed by atoms with Crippen LogP contribution in [0.15, 0.2) is 18.2 Å². The van der Waals surface area contributed by atoms with E-state index < -0.39 is 0 Å². The number of aromatic nitrogens is 4. The van der Waals surface area contributed by atoms with Crippen LogP contribution in [0.3, 0.4) is 0 Å². The van der Waals surface area contributed by atoms with E-state index in [1.807, 2.05) is 25.1 Å². The van der Waals surface area contributed by atoms with Crippen molar-refractivity contribution in [2.24, 2.45) is 0 Å². The van der Waals surface area contributed by atoms with E-state index in [9.17, 15) is 0 Å². The number of ether oxygens (including phenoxy) is 1. The zero-order valence-electron chi connectivity index (χ0n) is 7.69. The molecule has 2 rings (SSSR count). The SMILES string of the molecule is [CH2]Oc1cc(C)cc(-c2nnn[nH]2)c1. The van der Waals surface area contributed by atoms with E-state index in [4.69, 9.17) is 4.74 Å². The summed E-state index contributed by atoms with van der Waals surface area (Å²) in [5.74, 6) is 1.31. The van der Waals surface area contributed by atoms with E-state index in [1.165, 1.54) is 0 Å². The normalized spacial score (nSPS) is 10.1. The van der Waals surface area contributed by atoms with Crippen molar-refractivity contribution in [3.8, 4) is 17.1 Å². The number of nitrogens with one attached hydrogen (secondary N) is 1. The standard InChI is InChI=1S/C9H9N4O/c1-6-3-7(5-8(4-6)14-2)9-10-12-13-11-9/h3-5H,2H2,1H3,(H,10,11,12,13). The zero-order valence-corrected chi connectivity index (χ0v) is 7.69. The summed E-state index contributed by atoms with van der Waals surface area (Å²) < 4.78 is 4.90. The summed E-state index contributed by atoms with van der Waals surface area (Å²) in [6.45, 7) is 1.97. The molecule has 0 saturated carbocycles. The number of hydrogen-bond donors (Lipinski definition) is 1. The Kier molecular flexibility index (Phi) is 2.14. The molecule has 0 aliphatic carbocycles. The van der Waals surface area contributed by atoms with E-state index >= 15 is 0 Å². The fraction of sp³-hybridized carbons (Fsp3) is 0.111. The zero-order chi connectivity index (χ0) is 9.97. The van der Waals surface area contributed by atoms with Crippen molar-refractivity contribution in [3.63, 3.8) is 0 Å². The van der Waals surface area contributed by atoms with Crippen LogP contribution in [0.2, 0.25) is 0 Å². The number of tetrazole rings is 1. The molecule has 1 heterocycles. The van der Waals surface area contributed by atoms with Crippen LogP contribution in [0.1, 0.15) is 5.56 Å². The first-order chi connectivity index (χ1) is 6.79. The highest BCUT2D eigenvalue weighted by molar-refractivity contribution is 5.58. The van der Waals surface area contributed by atoms with Crippen LogP contribution in [-0.2, 0) is 0 Å². The van der Waals surface area contributed by atoms with Crippen molar-refractivity contribution in [1.29, 1.82) is 0 Å². The molecule has 71 valence electrons. The predicted molar refractivity (Wildman–Crippen MR) is 50.3 cm³/mol. The molecular formula is C9H9N4O. The first-order valence-corrected chi connectivity index (χ1v) is 4.07. The molecule has 0 fully saturated rings. The first-order valence-electron chi connectivity index (χ1n) is 4.07. The summed E-state index contributed by atoms with van der Waals surface area (Å²) in [4.78, 5) is 0. The minimum Gasteiger partial charge on any atom is -0.490 e. The van der Waals surface area contributed by atoms with E-state index in [2.05, 4.69) is 27.7 Å². The Morgan fingerprint density at radius 3 is 2.86 bits per heavy atom. The molecule has 0 unspecified atom stereocenters. The van der Waals surface area contributed by atoms with Crippen molar-refractivity contribution in [3.05, 3.63) is 30.9 Å². The average molecular weight is 189 g/mol. The number of aromatic amines is 1. The van der Waals surface area contributed by atoms with Crippen molar-refractivity contribution in [2.45, 2.75) is 6.92 Å². The van der Waals surface area contributed by atoms with Crippen LogP contribution in [0.25, 0.3) is 11.4 Å². The molecule has 5 heteroatoms. The van der Waals surface area contributed by atoms with Gasteiger partial charge in [0.1, 0.15) is 12.9 Å². The predicted octanol–water partition coefficient (Wildman–Crippen LogP) is 1.35. The summed E-state index contributed by atoms with van der Waals surface area (Å²) in [5, 5.41) is 13.5. The van der Waals surface area contributed by atoms with Crippen LogP contribution in [0, 0.1) is 14.0 Å². The topological polar surface area (TPSA) is 63.7 Å². The maximum absolute atomic E-state index is 4.90. The Balaban J connectivity index is 2.48. The molecule has 1 aromatic carbocycles. The van der Waals surface area contributed by atoms with E-state index in [0.717, 1.165) is 11.1 Å². The lowest BCUT2D eigenvalue weighted by atomic mass is 10.1. The van der Waals surface area contributed by atoms with Gasteiger partial charge in [0.25, 0.3) is 0 Å². The van der Waals surface area contributed by atoms with Gasteiger partial charge in [-0.15, -0.1) is 5.10 Å². The molecule has 0 spiro atoms. The Morgan fingerprint density at radius 2 is 2.21 bits per heavy atom. The van der Waals surface area contributed by atoms with Gasteiger partial charge in [-0.1, -0.05) is 0 Å². The van der Waals surface area contributed by atoms with E-state index in [1.54, 1.807) is 0 Å². The Labute approximate surface area is 81.1 Å². The van der Waals surface area contributed by atoms with Gasteiger partial charge in [0.15, 0.2) is 5.82 Å². The number of hydrogen-bond acceptors (Lipinski definition) is 4. The summed E-state index contributed by atoms with van der Waals surface area (Å²) in [6, 6.07) is 5.67. The molecule has 0 saturated heterocycles. The lowest BCUT2D eigenvalue weighted by Crippen LogP contribution is -1.86. The van der Waals surface area contributed by atoms with Crippen molar-refractivity contribution in [2.75, 3.05) is 0 Å². The van der Waals surface area contributed by atoms with E-state index in [0.29, 0.717) is 11.6 Å².